The molecule has 86 valence electrons. The number of hydrogen-bond acceptors (Lipinski definition) is 2. The first kappa shape index (κ1) is 14.5. The molecule has 0 aliphatic heterocycles. The fourth-order valence-corrected chi connectivity index (χ4v) is 4.21. The molecule has 0 aromatic heterocycles. The van der Waals surface area contributed by atoms with Gasteiger partial charge >= 0.3 is 0 Å². The number of nitrogens with one attached hydrogen (secondary N) is 1. The highest BCUT2D eigenvalue weighted by Crippen LogP contribution is 2.17. The minimum Gasteiger partial charge on any atom is -0.598 e. The second kappa shape index (κ2) is 5.01. The van der Waals surface area contributed by atoms with E-state index < -0.39 is 19.4 Å². The van der Waals surface area contributed by atoms with Crippen molar-refractivity contribution in [1.29, 1.82) is 0 Å². The van der Waals surface area contributed by atoms with Crippen LogP contribution in [0.15, 0.2) is 0 Å². The van der Waals surface area contributed by atoms with Gasteiger partial charge in [-0.15, -0.1) is 4.72 Å². The maximum Gasteiger partial charge on any atom is 0.136 e. The van der Waals surface area contributed by atoms with Crippen molar-refractivity contribution in [2.45, 2.75) is 64.2 Å². The third kappa shape index (κ3) is 6.87. The average molecular weight is 235 g/mol. The monoisotopic (exact) mass is 235 g/mol. The lowest BCUT2D eigenvalue weighted by Gasteiger charge is -2.28. The zero-order chi connectivity index (χ0) is 11.6. The van der Waals surface area contributed by atoms with Crippen molar-refractivity contribution in [2.24, 2.45) is 0 Å². The summed E-state index contributed by atoms with van der Waals surface area (Å²) in [6.45, 7) is 15.1. The molecule has 2 unspecified atom stereocenters. The molecule has 0 amide bonds. The summed E-state index contributed by atoms with van der Waals surface area (Å²) in [7, 11) is -1.04. The second-order valence-corrected chi connectivity index (χ2v) is 13.7. The highest BCUT2D eigenvalue weighted by Gasteiger charge is 2.29. The summed E-state index contributed by atoms with van der Waals surface area (Å²) in [5.74, 6) is 0. The molecule has 0 rings (SSSR count). The molecule has 14 heavy (non-hydrogen) atoms. The van der Waals surface area contributed by atoms with E-state index in [2.05, 4.69) is 31.3 Å². The molecule has 0 saturated heterocycles. The van der Waals surface area contributed by atoms with Crippen LogP contribution in [-0.4, -0.2) is 23.4 Å². The van der Waals surface area contributed by atoms with E-state index in [1.165, 1.54) is 6.04 Å². The molecule has 2 atom stereocenters. The Balaban J connectivity index is 4.01. The van der Waals surface area contributed by atoms with Gasteiger partial charge in [-0.3, -0.25) is 0 Å². The summed E-state index contributed by atoms with van der Waals surface area (Å²) in [5.41, 5.74) is 0. The molecule has 0 aliphatic rings. The van der Waals surface area contributed by atoms with Gasteiger partial charge in [0.2, 0.25) is 0 Å². The first-order chi connectivity index (χ1) is 6.02. The van der Waals surface area contributed by atoms with Crippen molar-refractivity contribution >= 4 is 19.4 Å². The molecule has 0 spiro atoms. The van der Waals surface area contributed by atoms with Gasteiger partial charge in [-0.05, 0) is 33.7 Å². The standard InChI is InChI=1S/C10H25NOSSi/c1-9(8-14(5,6)7)11-13(12)10(2,3)4/h9,11H,8H2,1-7H3. The Morgan fingerprint density at radius 1 is 1.29 bits per heavy atom. The fraction of sp³-hybridized carbons (Fsp3) is 1.00. The minimum absolute atomic E-state index is 0.159. The normalized spacial score (nSPS) is 18.0. The fourth-order valence-electron chi connectivity index (χ4n) is 1.32. The van der Waals surface area contributed by atoms with Crippen LogP contribution in [0.2, 0.25) is 25.7 Å². The molecule has 0 fully saturated rings. The molecule has 0 aliphatic carbocycles. The average Bonchev–Trinajstić information content (AvgIpc) is 1.79. The second-order valence-electron chi connectivity index (χ2n) is 6.16. The van der Waals surface area contributed by atoms with Crippen LogP contribution in [0.25, 0.3) is 0 Å². The molecule has 0 bridgehead atoms. The first-order valence-electron chi connectivity index (χ1n) is 5.20. The lowest BCUT2D eigenvalue weighted by atomic mass is 10.3. The Kier molecular flexibility index (Phi) is 5.18. The van der Waals surface area contributed by atoms with Gasteiger partial charge in [0, 0.05) is 25.5 Å². The molecule has 0 aromatic rings. The molecule has 4 heteroatoms. The zero-order valence-electron chi connectivity index (χ0n) is 10.6. The summed E-state index contributed by atoms with van der Waals surface area (Å²) in [6.07, 6.45) is 0. The summed E-state index contributed by atoms with van der Waals surface area (Å²) in [6, 6.07) is 1.54. The maximum absolute atomic E-state index is 11.8. The lowest BCUT2D eigenvalue weighted by Crippen LogP contribution is -2.45. The van der Waals surface area contributed by atoms with Crippen molar-refractivity contribution in [1.82, 2.24) is 4.72 Å². The van der Waals surface area contributed by atoms with E-state index in [1.54, 1.807) is 0 Å². The first-order valence-corrected chi connectivity index (χ1v) is 10.1. The maximum atomic E-state index is 11.8. The van der Waals surface area contributed by atoms with Crippen LogP contribution in [0.5, 0.6) is 0 Å². The number of hydrogen-bond donors (Lipinski definition) is 1. The van der Waals surface area contributed by atoms with Crippen LogP contribution >= 0.6 is 0 Å². The number of rotatable bonds is 4. The van der Waals surface area contributed by atoms with E-state index in [9.17, 15) is 4.55 Å². The smallest absolute Gasteiger partial charge is 0.136 e. The molecular formula is C10H25NOSSi. The summed E-state index contributed by atoms with van der Waals surface area (Å²) in [5, 5.41) is 0. The van der Waals surface area contributed by atoms with E-state index in [1.807, 2.05) is 20.8 Å². The molecule has 0 saturated carbocycles. The molecule has 1 N–H and O–H groups in total. The third-order valence-electron chi connectivity index (χ3n) is 1.78. The Morgan fingerprint density at radius 3 is 2.00 bits per heavy atom. The van der Waals surface area contributed by atoms with Gasteiger partial charge in [0.1, 0.15) is 4.75 Å². The SMILES string of the molecule is CC(C[Si](C)(C)C)N[S+]([O-])C(C)(C)C. The summed E-state index contributed by atoms with van der Waals surface area (Å²) < 4.78 is 14.8. The van der Waals surface area contributed by atoms with Crippen LogP contribution in [0.4, 0.5) is 0 Å². The Labute approximate surface area is 93.2 Å². The summed E-state index contributed by atoms with van der Waals surface area (Å²) >= 11 is -0.930. The van der Waals surface area contributed by atoms with Crippen molar-refractivity contribution in [3.63, 3.8) is 0 Å². The van der Waals surface area contributed by atoms with Crippen LogP contribution in [0, 0.1) is 0 Å². The Morgan fingerprint density at radius 2 is 1.71 bits per heavy atom. The van der Waals surface area contributed by atoms with Gasteiger partial charge in [-0.25, -0.2) is 0 Å². The van der Waals surface area contributed by atoms with Crippen molar-refractivity contribution in [3.05, 3.63) is 0 Å². The van der Waals surface area contributed by atoms with Gasteiger partial charge in [-0.1, -0.05) is 19.6 Å². The van der Waals surface area contributed by atoms with Gasteiger partial charge in [0.25, 0.3) is 0 Å². The molecule has 0 aromatic carbocycles. The van der Waals surface area contributed by atoms with Crippen molar-refractivity contribution in [2.75, 3.05) is 0 Å². The lowest BCUT2D eigenvalue weighted by molar-refractivity contribution is 0.533. The Hall–Kier alpha value is 0.487. The highest BCUT2D eigenvalue weighted by atomic mass is 32.2. The van der Waals surface area contributed by atoms with E-state index >= 15 is 0 Å². The van der Waals surface area contributed by atoms with Gasteiger partial charge in [0.15, 0.2) is 0 Å². The van der Waals surface area contributed by atoms with Gasteiger partial charge in [0.05, 0.1) is 0 Å². The van der Waals surface area contributed by atoms with E-state index in [0.29, 0.717) is 6.04 Å². The predicted molar refractivity (Wildman–Crippen MR) is 68.6 cm³/mol. The highest BCUT2D eigenvalue weighted by molar-refractivity contribution is 7.90. The van der Waals surface area contributed by atoms with E-state index in [-0.39, 0.29) is 4.75 Å². The minimum atomic E-state index is -1.04. The van der Waals surface area contributed by atoms with Gasteiger partial charge < -0.3 is 4.55 Å². The van der Waals surface area contributed by atoms with Crippen LogP contribution in [0.1, 0.15) is 27.7 Å². The topological polar surface area (TPSA) is 35.1 Å². The molecule has 2 nitrogen and oxygen atoms in total. The van der Waals surface area contributed by atoms with Crippen LogP contribution < -0.4 is 4.72 Å². The van der Waals surface area contributed by atoms with Crippen LogP contribution in [0.3, 0.4) is 0 Å². The largest absolute Gasteiger partial charge is 0.598 e. The molecule has 0 heterocycles. The van der Waals surface area contributed by atoms with E-state index in [4.69, 9.17) is 0 Å². The van der Waals surface area contributed by atoms with Crippen LogP contribution in [-0.2, 0) is 11.4 Å². The predicted octanol–water partition coefficient (Wildman–Crippen LogP) is 2.76. The van der Waals surface area contributed by atoms with Crippen molar-refractivity contribution in [3.8, 4) is 0 Å². The van der Waals surface area contributed by atoms with Crippen molar-refractivity contribution < 1.29 is 4.55 Å². The Bertz CT molecular complexity index is 174. The van der Waals surface area contributed by atoms with Gasteiger partial charge in [-0.2, -0.15) is 0 Å². The third-order valence-corrected chi connectivity index (χ3v) is 5.35. The molecule has 0 radical (unpaired) electrons. The zero-order valence-corrected chi connectivity index (χ0v) is 12.4. The van der Waals surface area contributed by atoms with E-state index in [0.717, 1.165) is 0 Å². The quantitative estimate of drug-likeness (QED) is 0.601. The molecular weight excluding hydrogens is 210 g/mol. The summed E-state index contributed by atoms with van der Waals surface area (Å²) in [4.78, 5) is 0.